The van der Waals surface area contributed by atoms with E-state index in [0.717, 1.165) is 24.2 Å². The maximum atomic E-state index is 13.7. The summed E-state index contributed by atoms with van der Waals surface area (Å²) in [5, 5.41) is 0. The summed E-state index contributed by atoms with van der Waals surface area (Å²) in [7, 11) is 0. The number of nitrogens with zero attached hydrogens (tertiary/aromatic N) is 2. The van der Waals surface area contributed by atoms with Crippen molar-refractivity contribution in [3.63, 3.8) is 0 Å². The molecule has 0 aromatic heterocycles. The van der Waals surface area contributed by atoms with Crippen molar-refractivity contribution in [2.75, 3.05) is 18.1 Å². The van der Waals surface area contributed by atoms with Crippen LogP contribution in [0.4, 0.5) is 5.69 Å². The van der Waals surface area contributed by atoms with Crippen LogP contribution >= 0.6 is 0 Å². The van der Waals surface area contributed by atoms with Crippen LogP contribution in [0.2, 0.25) is 0 Å². The molecule has 2 aliphatic rings. The van der Waals surface area contributed by atoms with Crippen LogP contribution in [0, 0.1) is 0 Å². The Labute approximate surface area is 193 Å². The zero-order chi connectivity index (χ0) is 22.8. The fourth-order valence-electron chi connectivity index (χ4n) is 4.51. The molecular formula is C28H26N2O3. The first-order chi connectivity index (χ1) is 16.2. The highest BCUT2D eigenvalue weighted by Crippen LogP contribution is 2.37. The van der Waals surface area contributed by atoms with Gasteiger partial charge in [-0.1, -0.05) is 61.5 Å². The molecule has 0 fully saturated rings. The minimum absolute atomic E-state index is 0.271. The normalized spacial score (nSPS) is 15.8. The van der Waals surface area contributed by atoms with Gasteiger partial charge in [0.25, 0.3) is 11.8 Å². The predicted octanol–water partition coefficient (Wildman–Crippen LogP) is 4.82. The van der Waals surface area contributed by atoms with Gasteiger partial charge in [-0.3, -0.25) is 9.59 Å². The zero-order valence-corrected chi connectivity index (χ0v) is 18.7. The average Bonchev–Trinajstić information content (AvgIpc) is 3.13. The molecule has 5 nitrogen and oxygen atoms in total. The fourth-order valence-corrected chi connectivity index (χ4v) is 4.51. The molecule has 0 atom stereocenters. The van der Waals surface area contributed by atoms with E-state index < -0.39 is 0 Å². The summed E-state index contributed by atoms with van der Waals surface area (Å²) in [4.78, 5) is 30.7. The molecule has 0 bridgehead atoms. The molecule has 0 radical (unpaired) electrons. The van der Waals surface area contributed by atoms with Gasteiger partial charge in [-0.15, -0.1) is 0 Å². The van der Waals surface area contributed by atoms with Gasteiger partial charge in [0.1, 0.15) is 11.4 Å². The molecule has 2 heterocycles. The van der Waals surface area contributed by atoms with Crippen molar-refractivity contribution in [3.05, 3.63) is 101 Å². The van der Waals surface area contributed by atoms with Crippen LogP contribution in [0.5, 0.6) is 5.75 Å². The molecule has 0 aliphatic carbocycles. The van der Waals surface area contributed by atoms with Crippen LogP contribution < -0.4 is 9.64 Å². The topological polar surface area (TPSA) is 49.9 Å². The van der Waals surface area contributed by atoms with E-state index in [0.29, 0.717) is 36.7 Å². The van der Waals surface area contributed by atoms with Crippen LogP contribution in [0.1, 0.15) is 30.0 Å². The molecule has 5 rings (SSSR count). The number of rotatable bonds is 6. The van der Waals surface area contributed by atoms with Crippen LogP contribution in [-0.2, 0) is 22.6 Å². The number of anilines is 1. The van der Waals surface area contributed by atoms with Gasteiger partial charge in [-0.05, 0) is 53.8 Å². The monoisotopic (exact) mass is 438 g/mol. The second-order valence-corrected chi connectivity index (χ2v) is 8.32. The van der Waals surface area contributed by atoms with E-state index in [1.165, 1.54) is 16.0 Å². The van der Waals surface area contributed by atoms with Crippen LogP contribution in [0.3, 0.4) is 0 Å². The lowest BCUT2D eigenvalue weighted by Gasteiger charge is -2.31. The lowest BCUT2D eigenvalue weighted by molar-refractivity contribution is -0.120. The first-order valence-corrected chi connectivity index (χ1v) is 11.4. The molecule has 2 aliphatic heterocycles. The Morgan fingerprint density at radius 1 is 0.818 bits per heavy atom. The SMILES string of the molecule is CCCOc1ccc(C2=C(N3CCc4ccccc4C3)C(=O)N(c3ccccc3)C2=O)cc1. The van der Waals surface area contributed by atoms with E-state index in [-0.39, 0.29) is 11.8 Å². The van der Waals surface area contributed by atoms with Gasteiger partial charge < -0.3 is 9.64 Å². The van der Waals surface area contributed by atoms with Crippen molar-refractivity contribution in [1.82, 2.24) is 4.90 Å². The molecule has 0 saturated heterocycles. The Balaban J connectivity index is 1.57. The molecule has 166 valence electrons. The number of carbonyl (C=O) groups excluding carboxylic acids is 2. The van der Waals surface area contributed by atoms with Gasteiger partial charge in [-0.25, -0.2) is 4.90 Å². The Morgan fingerprint density at radius 2 is 1.52 bits per heavy atom. The molecule has 2 amide bonds. The Bertz CT molecular complexity index is 1220. The smallest absolute Gasteiger partial charge is 0.282 e. The van der Waals surface area contributed by atoms with Gasteiger partial charge in [0, 0.05) is 13.1 Å². The number of ether oxygens (including phenoxy) is 1. The molecule has 3 aromatic rings. The van der Waals surface area contributed by atoms with Crippen LogP contribution in [0.25, 0.3) is 5.57 Å². The third-order valence-corrected chi connectivity index (χ3v) is 6.14. The van der Waals surface area contributed by atoms with Crippen LogP contribution in [-0.4, -0.2) is 29.9 Å². The van der Waals surface area contributed by atoms with Crippen LogP contribution in [0.15, 0.2) is 84.6 Å². The van der Waals surface area contributed by atoms with E-state index in [4.69, 9.17) is 4.74 Å². The third kappa shape index (κ3) is 3.91. The van der Waals surface area contributed by atoms with Crippen molar-refractivity contribution in [2.45, 2.75) is 26.3 Å². The van der Waals surface area contributed by atoms with Crippen molar-refractivity contribution in [2.24, 2.45) is 0 Å². The summed E-state index contributed by atoms with van der Waals surface area (Å²) in [6.07, 6.45) is 1.76. The predicted molar refractivity (Wildman–Crippen MR) is 129 cm³/mol. The highest BCUT2D eigenvalue weighted by molar-refractivity contribution is 6.45. The number of imide groups is 1. The minimum Gasteiger partial charge on any atom is -0.494 e. The fraction of sp³-hybridized carbons (Fsp3) is 0.214. The summed E-state index contributed by atoms with van der Waals surface area (Å²) >= 11 is 0. The second kappa shape index (κ2) is 8.94. The summed E-state index contributed by atoms with van der Waals surface area (Å²) in [5.74, 6) is 0.195. The van der Waals surface area contributed by atoms with Gasteiger partial charge in [0.2, 0.25) is 0 Å². The lowest BCUT2D eigenvalue weighted by atomic mass is 9.98. The maximum absolute atomic E-state index is 13.7. The van der Waals surface area contributed by atoms with E-state index in [2.05, 4.69) is 24.0 Å². The minimum atomic E-state index is -0.290. The molecule has 0 spiro atoms. The molecule has 0 saturated carbocycles. The quantitative estimate of drug-likeness (QED) is 0.518. The summed E-state index contributed by atoms with van der Waals surface area (Å²) in [5.41, 5.74) is 4.72. The van der Waals surface area contributed by atoms with Crippen molar-refractivity contribution in [3.8, 4) is 5.75 Å². The molecule has 0 N–H and O–H groups in total. The first kappa shape index (κ1) is 21.0. The van der Waals surface area contributed by atoms with Crippen molar-refractivity contribution < 1.29 is 14.3 Å². The number of para-hydroxylation sites is 1. The molecular weight excluding hydrogens is 412 g/mol. The summed E-state index contributed by atoms with van der Waals surface area (Å²) < 4.78 is 5.70. The third-order valence-electron chi connectivity index (χ3n) is 6.14. The van der Waals surface area contributed by atoms with E-state index in [9.17, 15) is 9.59 Å². The summed E-state index contributed by atoms with van der Waals surface area (Å²) in [6.45, 7) is 3.99. The largest absolute Gasteiger partial charge is 0.494 e. The first-order valence-electron chi connectivity index (χ1n) is 11.4. The summed E-state index contributed by atoms with van der Waals surface area (Å²) in [6, 6.07) is 24.9. The highest BCUT2D eigenvalue weighted by atomic mass is 16.5. The van der Waals surface area contributed by atoms with Gasteiger partial charge >= 0.3 is 0 Å². The Kier molecular flexibility index (Phi) is 5.69. The molecule has 0 unspecified atom stereocenters. The molecule has 3 aromatic carbocycles. The average molecular weight is 439 g/mol. The zero-order valence-electron chi connectivity index (χ0n) is 18.7. The lowest BCUT2D eigenvalue weighted by Crippen LogP contribution is -2.37. The number of carbonyl (C=O) groups is 2. The van der Waals surface area contributed by atoms with E-state index in [1.807, 2.05) is 54.6 Å². The number of benzene rings is 3. The standard InChI is InChI=1S/C28H26N2O3/c1-2-18-33-24-14-12-21(13-15-24)25-26(29-17-16-20-8-6-7-9-22(20)19-29)28(32)30(27(25)31)23-10-4-3-5-11-23/h3-15H,2,16-19H2,1H3. The number of hydrogen-bond acceptors (Lipinski definition) is 4. The van der Waals surface area contributed by atoms with Gasteiger partial charge in [0.15, 0.2) is 0 Å². The number of hydrogen-bond donors (Lipinski definition) is 0. The van der Waals surface area contributed by atoms with E-state index in [1.54, 1.807) is 12.1 Å². The molecule has 5 heteroatoms. The Hall–Kier alpha value is -3.86. The van der Waals surface area contributed by atoms with Gasteiger partial charge in [0.05, 0.1) is 17.9 Å². The Morgan fingerprint density at radius 3 is 2.24 bits per heavy atom. The van der Waals surface area contributed by atoms with E-state index >= 15 is 0 Å². The second-order valence-electron chi connectivity index (χ2n) is 8.32. The van der Waals surface area contributed by atoms with Crippen molar-refractivity contribution >= 4 is 23.1 Å². The number of fused-ring (bicyclic) bond motifs is 1. The van der Waals surface area contributed by atoms with Crippen molar-refractivity contribution in [1.29, 1.82) is 0 Å². The molecule has 33 heavy (non-hydrogen) atoms. The maximum Gasteiger partial charge on any atom is 0.282 e. The number of amides is 2. The van der Waals surface area contributed by atoms with Gasteiger partial charge in [-0.2, -0.15) is 0 Å². The highest BCUT2D eigenvalue weighted by Gasteiger charge is 2.43.